The fraction of sp³-hybridized carbons (Fsp3) is 0.750. The zero-order chi connectivity index (χ0) is 10.9. The quantitative estimate of drug-likeness (QED) is 0.758. The summed E-state index contributed by atoms with van der Waals surface area (Å²) in [5, 5.41) is 3.65. The molecule has 0 radical (unpaired) electrons. The first-order valence-electron chi connectivity index (χ1n) is 4.84. The average Bonchev–Trinajstić information content (AvgIpc) is 2.64. The first kappa shape index (κ1) is 10.6. The van der Waals surface area contributed by atoms with Crippen LogP contribution in [0.2, 0.25) is 0 Å². The van der Waals surface area contributed by atoms with Gasteiger partial charge in [-0.3, -0.25) is 0 Å². The van der Waals surface area contributed by atoms with Gasteiger partial charge in [0.1, 0.15) is 0 Å². The van der Waals surface area contributed by atoms with Crippen molar-refractivity contribution in [2.75, 3.05) is 11.5 Å². The van der Waals surface area contributed by atoms with E-state index in [9.17, 15) is 8.42 Å². The van der Waals surface area contributed by atoms with Crippen LogP contribution in [0.4, 0.5) is 0 Å². The second-order valence-electron chi connectivity index (χ2n) is 3.71. The molecule has 0 saturated carbocycles. The molecule has 1 aromatic rings. The highest BCUT2D eigenvalue weighted by atomic mass is 32.2. The SMILES string of the molecule is NCc1noc(C2CCCS(=O)(=O)C2)n1. The van der Waals surface area contributed by atoms with Crippen LogP contribution in [0.1, 0.15) is 30.5 Å². The van der Waals surface area contributed by atoms with Crippen molar-refractivity contribution in [2.24, 2.45) is 5.73 Å². The molecule has 2 N–H and O–H groups in total. The third-order valence-electron chi connectivity index (χ3n) is 2.48. The summed E-state index contributed by atoms with van der Waals surface area (Å²) in [5.41, 5.74) is 5.34. The number of hydrogen-bond acceptors (Lipinski definition) is 6. The maximum Gasteiger partial charge on any atom is 0.230 e. The Morgan fingerprint density at radius 2 is 2.33 bits per heavy atom. The highest BCUT2D eigenvalue weighted by molar-refractivity contribution is 7.91. The molecule has 2 heterocycles. The van der Waals surface area contributed by atoms with Gasteiger partial charge >= 0.3 is 0 Å². The lowest BCUT2D eigenvalue weighted by Gasteiger charge is -2.17. The summed E-state index contributed by atoms with van der Waals surface area (Å²) in [5.74, 6) is 1.05. The average molecular weight is 231 g/mol. The van der Waals surface area contributed by atoms with Crippen LogP contribution in [0.3, 0.4) is 0 Å². The van der Waals surface area contributed by atoms with E-state index >= 15 is 0 Å². The van der Waals surface area contributed by atoms with Gasteiger partial charge in [0, 0.05) is 0 Å². The van der Waals surface area contributed by atoms with E-state index in [1.165, 1.54) is 0 Å². The van der Waals surface area contributed by atoms with Crippen LogP contribution in [-0.2, 0) is 16.4 Å². The predicted octanol–water partition coefficient (Wildman–Crippen LogP) is -0.180. The van der Waals surface area contributed by atoms with Crippen LogP contribution in [0.25, 0.3) is 0 Å². The van der Waals surface area contributed by atoms with Gasteiger partial charge in [0.05, 0.1) is 24.0 Å². The maximum atomic E-state index is 11.4. The monoisotopic (exact) mass is 231 g/mol. The number of nitrogens with zero attached hydrogens (tertiary/aromatic N) is 2. The molecule has 84 valence electrons. The Kier molecular flexibility index (Phi) is 2.74. The number of aromatic nitrogens is 2. The molecule has 2 rings (SSSR count). The molecule has 1 atom stereocenters. The molecule has 6 nitrogen and oxygen atoms in total. The number of nitrogens with two attached hydrogens (primary N) is 1. The lowest BCUT2D eigenvalue weighted by Crippen LogP contribution is -2.23. The summed E-state index contributed by atoms with van der Waals surface area (Å²) in [6.07, 6.45) is 1.44. The molecule has 0 amide bonds. The van der Waals surface area contributed by atoms with Crippen LogP contribution < -0.4 is 5.73 Å². The zero-order valence-corrected chi connectivity index (χ0v) is 9.03. The molecule has 1 unspecified atom stereocenters. The molecular weight excluding hydrogens is 218 g/mol. The van der Waals surface area contributed by atoms with Crippen LogP contribution in [0, 0.1) is 0 Å². The van der Waals surface area contributed by atoms with Gasteiger partial charge in [0.15, 0.2) is 15.7 Å². The third-order valence-corrected chi connectivity index (χ3v) is 4.30. The van der Waals surface area contributed by atoms with E-state index in [1.54, 1.807) is 0 Å². The van der Waals surface area contributed by atoms with Crippen molar-refractivity contribution >= 4 is 9.84 Å². The topological polar surface area (TPSA) is 99.1 Å². The summed E-state index contributed by atoms with van der Waals surface area (Å²) in [7, 11) is -2.94. The van der Waals surface area contributed by atoms with Crippen molar-refractivity contribution in [1.82, 2.24) is 10.1 Å². The van der Waals surface area contributed by atoms with E-state index in [4.69, 9.17) is 10.3 Å². The van der Waals surface area contributed by atoms with Crippen LogP contribution in [0.5, 0.6) is 0 Å². The van der Waals surface area contributed by atoms with Crippen LogP contribution >= 0.6 is 0 Å². The van der Waals surface area contributed by atoms with E-state index in [-0.39, 0.29) is 24.0 Å². The molecule has 0 spiro atoms. The van der Waals surface area contributed by atoms with E-state index in [2.05, 4.69) is 10.1 Å². The van der Waals surface area contributed by atoms with Crippen molar-refractivity contribution < 1.29 is 12.9 Å². The maximum absolute atomic E-state index is 11.4. The standard InChI is InChI=1S/C8H13N3O3S/c9-4-7-10-8(14-11-7)6-2-1-3-15(12,13)5-6/h6H,1-5,9H2. The van der Waals surface area contributed by atoms with Crippen molar-refractivity contribution in [1.29, 1.82) is 0 Å². The molecule has 1 fully saturated rings. The second-order valence-corrected chi connectivity index (χ2v) is 5.94. The Morgan fingerprint density at radius 3 is 2.93 bits per heavy atom. The van der Waals surface area contributed by atoms with E-state index in [0.717, 1.165) is 6.42 Å². The summed E-state index contributed by atoms with van der Waals surface area (Å²) >= 11 is 0. The van der Waals surface area contributed by atoms with Crippen LogP contribution in [0.15, 0.2) is 4.52 Å². The van der Waals surface area contributed by atoms with Gasteiger partial charge in [-0.05, 0) is 12.8 Å². The minimum atomic E-state index is -2.94. The highest BCUT2D eigenvalue weighted by Crippen LogP contribution is 2.26. The summed E-state index contributed by atoms with van der Waals surface area (Å²) in [4.78, 5) is 4.05. The largest absolute Gasteiger partial charge is 0.339 e. The third kappa shape index (κ3) is 2.35. The summed E-state index contributed by atoms with van der Waals surface area (Å²) in [6.45, 7) is 0.211. The van der Waals surface area contributed by atoms with Gasteiger partial charge in [-0.2, -0.15) is 4.98 Å². The van der Waals surface area contributed by atoms with Gasteiger partial charge in [0.2, 0.25) is 5.89 Å². The Hall–Kier alpha value is -0.950. The first-order chi connectivity index (χ1) is 7.11. The molecule has 0 aromatic carbocycles. The smallest absolute Gasteiger partial charge is 0.230 e. The van der Waals surface area contributed by atoms with E-state index < -0.39 is 9.84 Å². The van der Waals surface area contributed by atoms with E-state index in [1.807, 2.05) is 0 Å². The molecule has 7 heteroatoms. The predicted molar refractivity (Wildman–Crippen MR) is 52.8 cm³/mol. The lowest BCUT2D eigenvalue weighted by atomic mass is 10.1. The molecule has 1 aromatic heterocycles. The fourth-order valence-corrected chi connectivity index (χ4v) is 3.43. The normalized spacial score (nSPS) is 25.3. The second kappa shape index (κ2) is 3.90. The van der Waals surface area contributed by atoms with Gasteiger partial charge in [-0.1, -0.05) is 5.16 Å². The van der Waals surface area contributed by atoms with Crippen molar-refractivity contribution in [3.8, 4) is 0 Å². The Balaban J connectivity index is 2.17. The van der Waals surface area contributed by atoms with Crippen molar-refractivity contribution in [3.05, 3.63) is 11.7 Å². The first-order valence-corrected chi connectivity index (χ1v) is 6.66. The molecule has 15 heavy (non-hydrogen) atoms. The highest BCUT2D eigenvalue weighted by Gasteiger charge is 2.29. The molecule has 0 bridgehead atoms. The number of sulfone groups is 1. The number of rotatable bonds is 2. The molecule has 1 aliphatic rings. The molecular formula is C8H13N3O3S. The number of hydrogen-bond donors (Lipinski definition) is 1. The van der Waals surface area contributed by atoms with Gasteiger partial charge in [0.25, 0.3) is 0 Å². The fourth-order valence-electron chi connectivity index (χ4n) is 1.73. The molecule has 1 aliphatic heterocycles. The van der Waals surface area contributed by atoms with Gasteiger partial charge in [-0.25, -0.2) is 8.42 Å². The minimum Gasteiger partial charge on any atom is -0.339 e. The zero-order valence-electron chi connectivity index (χ0n) is 8.22. The van der Waals surface area contributed by atoms with Crippen molar-refractivity contribution in [3.63, 3.8) is 0 Å². The van der Waals surface area contributed by atoms with Gasteiger partial charge < -0.3 is 10.3 Å². The van der Waals surface area contributed by atoms with E-state index in [0.29, 0.717) is 18.1 Å². The Bertz CT molecular complexity index is 440. The molecule has 1 saturated heterocycles. The van der Waals surface area contributed by atoms with Crippen LogP contribution in [-0.4, -0.2) is 30.1 Å². The van der Waals surface area contributed by atoms with Crippen molar-refractivity contribution in [2.45, 2.75) is 25.3 Å². The summed E-state index contributed by atoms with van der Waals surface area (Å²) < 4.78 is 27.8. The Morgan fingerprint density at radius 1 is 1.53 bits per heavy atom. The Labute approximate surface area is 87.8 Å². The lowest BCUT2D eigenvalue weighted by molar-refractivity contribution is 0.346. The molecule has 0 aliphatic carbocycles. The van der Waals surface area contributed by atoms with Gasteiger partial charge in [-0.15, -0.1) is 0 Å². The minimum absolute atomic E-state index is 0.110. The summed E-state index contributed by atoms with van der Waals surface area (Å²) in [6, 6.07) is 0.